The van der Waals surface area contributed by atoms with Crippen LogP contribution < -0.4 is 5.73 Å². The summed E-state index contributed by atoms with van der Waals surface area (Å²) in [5.41, 5.74) is 6.60. The molecule has 4 heteroatoms. The van der Waals surface area contributed by atoms with Crippen LogP contribution in [0.25, 0.3) is 0 Å². The Morgan fingerprint density at radius 2 is 2.27 bits per heavy atom. The van der Waals surface area contributed by atoms with Gasteiger partial charge in [0.25, 0.3) is 0 Å². The minimum Gasteiger partial charge on any atom is -0.330 e. The van der Waals surface area contributed by atoms with Gasteiger partial charge in [-0.15, -0.1) is 0 Å². The molecule has 1 rings (SSSR count). The molecule has 0 aliphatic heterocycles. The second-order valence-corrected chi connectivity index (χ2v) is 6.14. The summed E-state index contributed by atoms with van der Waals surface area (Å²) in [6, 6.07) is 7.93. The molecular weight excluding hydrogens is 274 g/mol. The SMILES string of the molecule is CC(CN)CS(=O)Cc1cccc(Br)c1. The molecule has 2 unspecified atom stereocenters. The monoisotopic (exact) mass is 289 g/mol. The van der Waals surface area contributed by atoms with Crippen LogP contribution in [0.2, 0.25) is 0 Å². The standard InChI is InChI=1S/C11H16BrNOS/c1-9(6-13)7-15(14)8-10-3-2-4-11(12)5-10/h2-5,9H,6-8,13H2,1H3. The van der Waals surface area contributed by atoms with Crippen molar-refractivity contribution in [3.8, 4) is 0 Å². The van der Waals surface area contributed by atoms with Gasteiger partial charge in [-0.2, -0.15) is 0 Å². The van der Waals surface area contributed by atoms with E-state index in [1.807, 2.05) is 31.2 Å². The average molecular weight is 290 g/mol. The van der Waals surface area contributed by atoms with E-state index in [2.05, 4.69) is 15.9 Å². The zero-order valence-electron chi connectivity index (χ0n) is 8.78. The Bertz CT molecular complexity index is 343. The second kappa shape index (κ2) is 6.40. The Labute approximate surface area is 102 Å². The number of hydrogen-bond acceptors (Lipinski definition) is 2. The predicted octanol–water partition coefficient (Wildman–Crippen LogP) is 2.29. The van der Waals surface area contributed by atoms with E-state index in [0.717, 1.165) is 10.0 Å². The summed E-state index contributed by atoms with van der Waals surface area (Å²) < 4.78 is 12.8. The number of hydrogen-bond donors (Lipinski definition) is 1. The van der Waals surface area contributed by atoms with Crippen molar-refractivity contribution in [2.75, 3.05) is 12.3 Å². The van der Waals surface area contributed by atoms with Gasteiger partial charge in [-0.3, -0.25) is 4.21 Å². The average Bonchev–Trinajstić information content (AvgIpc) is 2.17. The van der Waals surface area contributed by atoms with E-state index >= 15 is 0 Å². The molecule has 2 atom stereocenters. The van der Waals surface area contributed by atoms with Crippen LogP contribution in [-0.4, -0.2) is 16.5 Å². The smallest absolute Gasteiger partial charge is 0.0486 e. The lowest BCUT2D eigenvalue weighted by molar-refractivity contribution is 0.640. The molecule has 15 heavy (non-hydrogen) atoms. The van der Waals surface area contributed by atoms with Gasteiger partial charge >= 0.3 is 0 Å². The molecule has 0 bridgehead atoms. The molecule has 0 radical (unpaired) electrons. The summed E-state index contributed by atoms with van der Waals surface area (Å²) >= 11 is 3.40. The van der Waals surface area contributed by atoms with E-state index in [0.29, 0.717) is 24.0 Å². The second-order valence-electron chi connectivity index (χ2n) is 3.72. The first-order valence-corrected chi connectivity index (χ1v) is 7.19. The third kappa shape index (κ3) is 4.91. The molecule has 0 aliphatic rings. The van der Waals surface area contributed by atoms with Crippen molar-refractivity contribution in [2.24, 2.45) is 11.7 Å². The number of halogens is 1. The number of nitrogens with two attached hydrogens (primary N) is 1. The van der Waals surface area contributed by atoms with Gasteiger partial charge < -0.3 is 5.73 Å². The fourth-order valence-electron chi connectivity index (χ4n) is 1.26. The van der Waals surface area contributed by atoms with E-state index in [4.69, 9.17) is 5.73 Å². The molecule has 84 valence electrons. The Morgan fingerprint density at radius 3 is 2.87 bits per heavy atom. The van der Waals surface area contributed by atoms with Crippen LogP contribution in [0.5, 0.6) is 0 Å². The maximum atomic E-state index is 11.7. The maximum absolute atomic E-state index is 11.7. The highest BCUT2D eigenvalue weighted by atomic mass is 79.9. The first-order valence-electron chi connectivity index (χ1n) is 4.91. The van der Waals surface area contributed by atoms with E-state index in [1.165, 1.54) is 0 Å². The molecule has 0 fully saturated rings. The molecule has 1 aromatic rings. The molecule has 2 nitrogen and oxygen atoms in total. The normalized spacial score (nSPS) is 14.9. The lowest BCUT2D eigenvalue weighted by Crippen LogP contribution is -2.18. The van der Waals surface area contributed by atoms with Crippen molar-refractivity contribution in [1.82, 2.24) is 0 Å². The van der Waals surface area contributed by atoms with Crippen molar-refractivity contribution >= 4 is 26.7 Å². The Kier molecular flexibility index (Phi) is 5.50. The number of benzene rings is 1. The van der Waals surface area contributed by atoms with Gasteiger partial charge in [0.15, 0.2) is 0 Å². The third-order valence-electron chi connectivity index (χ3n) is 2.09. The van der Waals surface area contributed by atoms with Crippen molar-refractivity contribution in [2.45, 2.75) is 12.7 Å². The van der Waals surface area contributed by atoms with Crippen LogP contribution in [0, 0.1) is 5.92 Å². The summed E-state index contributed by atoms with van der Waals surface area (Å²) in [5.74, 6) is 1.63. The highest BCUT2D eigenvalue weighted by molar-refractivity contribution is 9.10. The number of rotatable bonds is 5. The van der Waals surface area contributed by atoms with Crippen molar-refractivity contribution in [1.29, 1.82) is 0 Å². The quantitative estimate of drug-likeness (QED) is 0.904. The van der Waals surface area contributed by atoms with Crippen LogP contribution in [0.4, 0.5) is 0 Å². The lowest BCUT2D eigenvalue weighted by Gasteiger charge is -2.08. The minimum atomic E-state index is -0.810. The molecule has 0 saturated heterocycles. The molecule has 2 N–H and O–H groups in total. The van der Waals surface area contributed by atoms with Gasteiger partial charge in [0.05, 0.1) is 0 Å². The van der Waals surface area contributed by atoms with Crippen LogP contribution in [-0.2, 0) is 16.6 Å². The first-order chi connectivity index (χ1) is 7.11. The van der Waals surface area contributed by atoms with Crippen LogP contribution in [0.3, 0.4) is 0 Å². The minimum absolute atomic E-state index is 0.331. The van der Waals surface area contributed by atoms with Crippen molar-refractivity contribution in [3.63, 3.8) is 0 Å². The van der Waals surface area contributed by atoms with Crippen molar-refractivity contribution in [3.05, 3.63) is 34.3 Å². The van der Waals surface area contributed by atoms with E-state index in [-0.39, 0.29) is 0 Å². The van der Waals surface area contributed by atoms with E-state index < -0.39 is 10.8 Å². The fraction of sp³-hybridized carbons (Fsp3) is 0.455. The molecule has 0 aromatic heterocycles. The molecule has 0 heterocycles. The van der Waals surface area contributed by atoms with Gasteiger partial charge in [0.2, 0.25) is 0 Å². The zero-order chi connectivity index (χ0) is 11.3. The molecule has 0 spiro atoms. The van der Waals surface area contributed by atoms with Gasteiger partial charge in [-0.05, 0) is 30.2 Å². The first kappa shape index (κ1) is 12.9. The maximum Gasteiger partial charge on any atom is 0.0486 e. The van der Waals surface area contributed by atoms with Gasteiger partial charge in [0, 0.05) is 26.8 Å². The topological polar surface area (TPSA) is 43.1 Å². The summed E-state index contributed by atoms with van der Waals surface area (Å²) in [7, 11) is -0.810. The van der Waals surface area contributed by atoms with Crippen LogP contribution >= 0.6 is 15.9 Å². The van der Waals surface area contributed by atoms with Gasteiger partial charge in [-0.1, -0.05) is 35.0 Å². The third-order valence-corrected chi connectivity index (χ3v) is 4.18. The van der Waals surface area contributed by atoms with E-state index in [1.54, 1.807) is 0 Å². The summed E-state index contributed by atoms with van der Waals surface area (Å²) in [6.07, 6.45) is 0. The van der Waals surface area contributed by atoms with Gasteiger partial charge in [-0.25, -0.2) is 0 Å². The molecule has 0 saturated carbocycles. The van der Waals surface area contributed by atoms with E-state index in [9.17, 15) is 4.21 Å². The van der Waals surface area contributed by atoms with Crippen molar-refractivity contribution < 1.29 is 4.21 Å². The zero-order valence-corrected chi connectivity index (χ0v) is 11.2. The fourth-order valence-corrected chi connectivity index (χ4v) is 3.14. The lowest BCUT2D eigenvalue weighted by atomic mass is 10.2. The molecule has 1 aromatic carbocycles. The molecular formula is C11H16BrNOS. The predicted molar refractivity (Wildman–Crippen MR) is 69.1 cm³/mol. The molecule has 0 amide bonds. The van der Waals surface area contributed by atoms with Crippen LogP contribution in [0.1, 0.15) is 12.5 Å². The summed E-state index contributed by atoms with van der Waals surface area (Å²) in [6.45, 7) is 2.63. The molecule has 0 aliphatic carbocycles. The highest BCUT2D eigenvalue weighted by Gasteiger charge is 2.07. The largest absolute Gasteiger partial charge is 0.330 e. The highest BCUT2D eigenvalue weighted by Crippen LogP contribution is 2.13. The Hall–Kier alpha value is -0.190. The summed E-state index contributed by atoms with van der Waals surface area (Å²) in [4.78, 5) is 0. The van der Waals surface area contributed by atoms with Crippen LogP contribution in [0.15, 0.2) is 28.7 Å². The Morgan fingerprint density at radius 1 is 1.53 bits per heavy atom. The Balaban J connectivity index is 2.51. The summed E-state index contributed by atoms with van der Waals surface area (Å²) in [5, 5.41) is 0. The van der Waals surface area contributed by atoms with Gasteiger partial charge in [0.1, 0.15) is 0 Å².